The van der Waals surface area contributed by atoms with Gasteiger partial charge in [-0.1, -0.05) is 30.3 Å². The van der Waals surface area contributed by atoms with Crippen LogP contribution in [0.5, 0.6) is 0 Å². The van der Waals surface area contributed by atoms with Crippen LogP contribution in [0, 0.1) is 18.3 Å². The molecular weight excluding hydrogens is 336 g/mol. The minimum atomic E-state index is -0.189. The molecule has 3 aliphatic rings. The van der Waals surface area contributed by atoms with Crippen molar-refractivity contribution in [2.45, 2.75) is 45.2 Å². The molecule has 4 nitrogen and oxygen atoms in total. The molecule has 3 fully saturated rings. The summed E-state index contributed by atoms with van der Waals surface area (Å²) in [5.41, 5.74) is 1.12. The largest absolute Gasteiger partial charge is 0.465 e. The molecule has 0 radical (unpaired) electrons. The van der Waals surface area contributed by atoms with Gasteiger partial charge in [0.05, 0.1) is 18.0 Å². The van der Waals surface area contributed by atoms with E-state index in [2.05, 4.69) is 46.2 Å². The third-order valence-electron chi connectivity index (χ3n) is 6.71. The first-order chi connectivity index (χ1) is 13.2. The predicted octanol–water partition coefficient (Wildman–Crippen LogP) is 4.16. The van der Waals surface area contributed by atoms with E-state index in [1.807, 2.05) is 13.0 Å². The van der Waals surface area contributed by atoms with Crippen molar-refractivity contribution in [2.24, 2.45) is 11.3 Å². The average Bonchev–Trinajstić information content (AvgIpc) is 3.43. The first-order valence-corrected chi connectivity index (χ1v) is 10.3. The molecule has 1 atom stereocenters. The number of rotatable bonds is 5. The van der Waals surface area contributed by atoms with Crippen LogP contribution >= 0.6 is 0 Å². The molecule has 1 aliphatic carbocycles. The second-order valence-electron chi connectivity index (χ2n) is 8.66. The average molecular weight is 364 g/mol. The Kier molecular flexibility index (Phi) is 4.12. The highest BCUT2D eigenvalue weighted by Gasteiger charge is 2.61. The second-order valence-corrected chi connectivity index (χ2v) is 8.66. The number of hydrogen-bond donors (Lipinski definition) is 0. The molecule has 0 N–H and O–H groups in total. The maximum absolute atomic E-state index is 13.2. The number of benzene rings is 1. The summed E-state index contributed by atoms with van der Waals surface area (Å²) in [4.78, 5) is 17.9. The Hall–Kier alpha value is -2.07. The van der Waals surface area contributed by atoms with Crippen molar-refractivity contribution in [3.8, 4) is 0 Å². The van der Waals surface area contributed by atoms with Gasteiger partial charge in [0, 0.05) is 6.54 Å². The first kappa shape index (κ1) is 17.1. The van der Waals surface area contributed by atoms with E-state index in [1.54, 1.807) is 0 Å². The van der Waals surface area contributed by atoms with Crippen LogP contribution in [0.15, 0.2) is 46.9 Å². The van der Waals surface area contributed by atoms with Gasteiger partial charge in [0.1, 0.15) is 11.5 Å². The molecule has 27 heavy (non-hydrogen) atoms. The number of nitrogens with zero attached hydrogens (tertiary/aromatic N) is 2. The Morgan fingerprint density at radius 1 is 1.07 bits per heavy atom. The van der Waals surface area contributed by atoms with Gasteiger partial charge in [0.25, 0.3) is 0 Å². The summed E-state index contributed by atoms with van der Waals surface area (Å²) in [5, 5.41) is 0. The number of carbonyl (C=O) groups is 1. The third kappa shape index (κ3) is 3.00. The molecule has 2 aromatic rings. The van der Waals surface area contributed by atoms with Crippen molar-refractivity contribution in [1.82, 2.24) is 9.80 Å². The maximum atomic E-state index is 13.2. The van der Waals surface area contributed by atoms with Crippen LogP contribution in [0.4, 0.5) is 0 Å². The number of amides is 1. The van der Waals surface area contributed by atoms with E-state index in [-0.39, 0.29) is 11.5 Å². The maximum Gasteiger partial charge on any atom is 0.231 e. The summed E-state index contributed by atoms with van der Waals surface area (Å²) in [5.74, 6) is 3.13. The summed E-state index contributed by atoms with van der Waals surface area (Å²) >= 11 is 0. The van der Waals surface area contributed by atoms with Crippen LogP contribution in [-0.2, 0) is 11.3 Å². The Labute approximate surface area is 161 Å². The molecule has 2 saturated heterocycles. The van der Waals surface area contributed by atoms with E-state index in [0.29, 0.717) is 5.91 Å². The summed E-state index contributed by atoms with van der Waals surface area (Å²) in [6, 6.07) is 15.0. The molecular formula is C23H28N2O2. The van der Waals surface area contributed by atoms with Crippen molar-refractivity contribution in [3.63, 3.8) is 0 Å². The lowest BCUT2D eigenvalue weighted by Gasteiger charge is -2.59. The van der Waals surface area contributed by atoms with E-state index in [4.69, 9.17) is 4.42 Å². The molecule has 1 aromatic carbocycles. The monoisotopic (exact) mass is 364 g/mol. The summed E-state index contributed by atoms with van der Waals surface area (Å²) in [6.07, 6.45) is 4.47. The Morgan fingerprint density at radius 2 is 1.81 bits per heavy atom. The van der Waals surface area contributed by atoms with Gasteiger partial charge in [-0.2, -0.15) is 0 Å². The Bertz CT molecular complexity index is 816. The van der Waals surface area contributed by atoms with Crippen molar-refractivity contribution in [2.75, 3.05) is 19.6 Å². The standard InChI is InChI=1S/C23H28N2O2/c1-17-7-10-20(27-17)16-24-13-11-23(12-14-24)21(19-5-3-2-4-6-19)25(22(23)26)15-18-8-9-18/h2-7,10,18,21H,8-9,11-16H2,1H3. The molecule has 1 spiro atoms. The fourth-order valence-electron chi connectivity index (χ4n) is 5.04. The summed E-state index contributed by atoms with van der Waals surface area (Å²) < 4.78 is 5.74. The second kappa shape index (κ2) is 6.52. The van der Waals surface area contributed by atoms with E-state index in [0.717, 1.165) is 56.5 Å². The van der Waals surface area contributed by atoms with Gasteiger partial charge in [0.15, 0.2) is 0 Å². The van der Waals surface area contributed by atoms with Crippen molar-refractivity contribution in [3.05, 3.63) is 59.5 Å². The fourth-order valence-corrected chi connectivity index (χ4v) is 5.04. The summed E-state index contributed by atoms with van der Waals surface area (Å²) in [7, 11) is 0. The lowest BCUT2D eigenvalue weighted by atomic mass is 9.62. The molecule has 1 amide bonds. The molecule has 1 saturated carbocycles. The van der Waals surface area contributed by atoms with Crippen LogP contribution in [0.3, 0.4) is 0 Å². The number of hydrogen-bond acceptors (Lipinski definition) is 3. The van der Waals surface area contributed by atoms with E-state index in [1.165, 1.54) is 18.4 Å². The van der Waals surface area contributed by atoms with E-state index >= 15 is 0 Å². The van der Waals surface area contributed by atoms with Crippen LogP contribution in [0.2, 0.25) is 0 Å². The number of likely N-dealkylation sites (tertiary alicyclic amines) is 2. The zero-order valence-corrected chi connectivity index (χ0v) is 16.1. The highest BCUT2D eigenvalue weighted by molar-refractivity contribution is 5.91. The van der Waals surface area contributed by atoms with Crippen molar-refractivity contribution < 1.29 is 9.21 Å². The van der Waals surface area contributed by atoms with Gasteiger partial charge in [-0.25, -0.2) is 0 Å². The van der Waals surface area contributed by atoms with Gasteiger partial charge < -0.3 is 9.32 Å². The quantitative estimate of drug-likeness (QED) is 0.748. The van der Waals surface area contributed by atoms with Crippen LogP contribution in [-0.4, -0.2) is 35.3 Å². The van der Waals surface area contributed by atoms with Gasteiger partial charge in [-0.3, -0.25) is 9.69 Å². The predicted molar refractivity (Wildman–Crippen MR) is 104 cm³/mol. The highest BCUT2D eigenvalue weighted by atomic mass is 16.3. The van der Waals surface area contributed by atoms with Gasteiger partial charge in [-0.15, -0.1) is 0 Å². The molecule has 1 unspecified atom stereocenters. The molecule has 3 heterocycles. The minimum Gasteiger partial charge on any atom is -0.465 e. The first-order valence-electron chi connectivity index (χ1n) is 10.3. The number of carbonyl (C=O) groups excluding carboxylic acids is 1. The van der Waals surface area contributed by atoms with Crippen LogP contribution < -0.4 is 0 Å². The topological polar surface area (TPSA) is 36.7 Å². The molecule has 0 bridgehead atoms. The van der Waals surface area contributed by atoms with E-state index < -0.39 is 0 Å². The lowest BCUT2D eigenvalue weighted by Crippen LogP contribution is -2.66. The zero-order chi connectivity index (χ0) is 18.4. The molecule has 5 rings (SSSR count). The van der Waals surface area contributed by atoms with E-state index in [9.17, 15) is 4.79 Å². The SMILES string of the molecule is Cc1ccc(CN2CCC3(CC2)C(=O)N(CC2CC2)C3c2ccccc2)o1. The number of furan rings is 1. The van der Waals surface area contributed by atoms with Crippen molar-refractivity contribution >= 4 is 5.91 Å². The van der Waals surface area contributed by atoms with Crippen LogP contribution in [0.1, 0.15) is 48.8 Å². The number of piperidine rings is 1. The van der Waals surface area contributed by atoms with Crippen LogP contribution in [0.25, 0.3) is 0 Å². The Balaban J connectivity index is 1.32. The van der Waals surface area contributed by atoms with Gasteiger partial charge in [-0.05, 0) is 69.3 Å². The third-order valence-corrected chi connectivity index (χ3v) is 6.71. The van der Waals surface area contributed by atoms with Crippen molar-refractivity contribution in [1.29, 1.82) is 0 Å². The molecule has 4 heteroatoms. The van der Waals surface area contributed by atoms with Gasteiger partial charge >= 0.3 is 0 Å². The minimum absolute atomic E-state index is 0.189. The smallest absolute Gasteiger partial charge is 0.231 e. The zero-order valence-electron chi connectivity index (χ0n) is 16.1. The fraction of sp³-hybridized carbons (Fsp3) is 0.522. The molecule has 2 aliphatic heterocycles. The normalized spacial score (nSPS) is 25.0. The van der Waals surface area contributed by atoms with Gasteiger partial charge in [0.2, 0.25) is 5.91 Å². The molecule has 1 aromatic heterocycles. The molecule has 142 valence electrons. The number of aryl methyl sites for hydroxylation is 1. The number of β-lactam (4-membered cyclic amide) rings is 1. The lowest BCUT2D eigenvalue weighted by molar-refractivity contribution is -0.181. The Morgan fingerprint density at radius 3 is 2.44 bits per heavy atom. The highest BCUT2D eigenvalue weighted by Crippen LogP contribution is 2.57. The summed E-state index contributed by atoms with van der Waals surface area (Å²) in [6.45, 7) is 5.72.